The van der Waals surface area contributed by atoms with E-state index in [9.17, 15) is 0 Å². The molecule has 0 saturated carbocycles. The second kappa shape index (κ2) is 6.11. The number of rotatable bonds is 6. The van der Waals surface area contributed by atoms with Gasteiger partial charge in [0.2, 0.25) is 5.89 Å². The summed E-state index contributed by atoms with van der Waals surface area (Å²) in [6, 6.07) is 5.98. The van der Waals surface area contributed by atoms with Gasteiger partial charge in [-0.05, 0) is 32.0 Å². The van der Waals surface area contributed by atoms with E-state index < -0.39 is 0 Å². The van der Waals surface area contributed by atoms with E-state index in [1.807, 2.05) is 25.1 Å². The molecule has 1 unspecified atom stereocenters. The minimum Gasteiger partial charge on any atom is -0.406 e. The van der Waals surface area contributed by atoms with E-state index in [1.54, 1.807) is 6.20 Å². The van der Waals surface area contributed by atoms with Crippen molar-refractivity contribution in [2.75, 3.05) is 11.9 Å². The van der Waals surface area contributed by atoms with Crippen LogP contribution in [0.3, 0.4) is 0 Å². The Morgan fingerprint density at radius 1 is 1.33 bits per heavy atom. The molecular formula is C12H17N5O. The molecule has 0 aliphatic heterocycles. The molecule has 18 heavy (non-hydrogen) atoms. The van der Waals surface area contributed by atoms with Crippen LogP contribution < -0.4 is 10.6 Å². The van der Waals surface area contributed by atoms with E-state index in [-0.39, 0.29) is 6.04 Å². The lowest BCUT2D eigenvalue weighted by Gasteiger charge is -2.07. The highest BCUT2D eigenvalue weighted by Gasteiger charge is 2.13. The topological polar surface area (TPSA) is 75.9 Å². The van der Waals surface area contributed by atoms with Crippen LogP contribution in [0, 0.1) is 0 Å². The molecule has 0 spiro atoms. The van der Waals surface area contributed by atoms with E-state index in [4.69, 9.17) is 4.42 Å². The van der Waals surface area contributed by atoms with Crippen LogP contribution in [0.5, 0.6) is 0 Å². The van der Waals surface area contributed by atoms with Gasteiger partial charge in [0.15, 0.2) is 0 Å². The van der Waals surface area contributed by atoms with Gasteiger partial charge in [0, 0.05) is 6.20 Å². The molecule has 0 amide bonds. The Morgan fingerprint density at radius 2 is 2.22 bits per heavy atom. The van der Waals surface area contributed by atoms with Gasteiger partial charge in [-0.25, -0.2) is 4.98 Å². The summed E-state index contributed by atoms with van der Waals surface area (Å²) in [7, 11) is 0. The van der Waals surface area contributed by atoms with Crippen LogP contribution in [-0.2, 0) is 0 Å². The fraction of sp³-hybridized carbons (Fsp3) is 0.417. The van der Waals surface area contributed by atoms with Crippen LogP contribution in [0.15, 0.2) is 28.8 Å². The Morgan fingerprint density at radius 3 is 2.94 bits per heavy atom. The summed E-state index contributed by atoms with van der Waals surface area (Å²) < 4.78 is 5.51. The van der Waals surface area contributed by atoms with E-state index in [1.165, 1.54) is 0 Å². The van der Waals surface area contributed by atoms with Crippen molar-refractivity contribution in [3.8, 4) is 0 Å². The van der Waals surface area contributed by atoms with Gasteiger partial charge in [-0.1, -0.05) is 18.1 Å². The van der Waals surface area contributed by atoms with Crippen molar-refractivity contribution in [2.24, 2.45) is 0 Å². The zero-order chi connectivity index (χ0) is 12.8. The van der Waals surface area contributed by atoms with Gasteiger partial charge in [0.1, 0.15) is 5.82 Å². The van der Waals surface area contributed by atoms with Gasteiger partial charge in [-0.15, -0.1) is 5.10 Å². The Kier molecular flexibility index (Phi) is 4.25. The van der Waals surface area contributed by atoms with Crippen molar-refractivity contribution < 1.29 is 4.42 Å². The molecule has 2 N–H and O–H groups in total. The molecule has 0 bridgehead atoms. The average molecular weight is 247 g/mol. The summed E-state index contributed by atoms with van der Waals surface area (Å²) in [4.78, 5) is 4.12. The van der Waals surface area contributed by atoms with Crippen molar-refractivity contribution in [3.05, 3.63) is 30.3 Å². The molecular weight excluding hydrogens is 230 g/mol. The first-order chi connectivity index (χ1) is 8.79. The van der Waals surface area contributed by atoms with Crippen molar-refractivity contribution in [1.29, 1.82) is 0 Å². The summed E-state index contributed by atoms with van der Waals surface area (Å²) in [6.07, 6.45) is 2.77. The fourth-order valence-electron chi connectivity index (χ4n) is 1.45. The Bertz CT molecular complexity index is 470. The fourth-order valence-corrected chi connectivity index (χ4v) is 1.45. The molecule has 2 aromatic heterocycles. The minimum absolute atomic E-state index is 0.0525. The first-order valence-electron chi connectivity index (χ1n) is 6.04. The number of nitrogens with zero attached hydrogens (tertiary/aromatic N) is 3. The highest BCUT2D eigenvalue weighted by atomic mass is 16.4. The normalized spacial score (nSPS) is 12.3. The molecule has 2 heterocycles. The van der Waals surface area contributed by atoms with Crippen molar-refractivity contribution in [2.45, 2.75) is 26.3 Å². The lowest BCUT2D eigenvalue weighted by Crippen LogP contribution is -2.19. The average Bonchev–Trinajstić information content (AvgIpc) is 2.86. The Labute approximate surface area is 106 Å². The predicted octanol–water partition coefficient (Wildman–Crippen LogP) is 2.27. The Hall–Kier alpha value is -1.95. The maximum absolute atomic E-state index is 5.51. The molecule has 6 nitrogen and oxygen atoms in total. The quantitative estimate of drug-likeness (QED) is 0.815. The van der Waals surface area contributed by atoms with Crippen molar-refractivity contribution in [1.82, 2.24) is 20.5 Å². The maximum atomic E-state index is 5.51. The maximum Gasteiger partial charge on any atom is 0.321 e. The van der Waals surface area contributed by atoms with Gasteiger partial charge in [-0.2, -0.15) is 0 Å². The van der Waals surface area contributed by atoms with E-state index in [0.717, 1.165) is 13.0 Å². The highest BCUT2D eigenvalue weighted by Crippen LogP contribution is 2.16. The second-order valence-corrected chi connectivity index (χ2v) is 3.96. The van der Waals surface area contributed by atoms with Gasteiger partial charge >= 0.3 is 6.01 Å². The van der Waals surface area contributed by atoms with Gasteiger partial charge < -0.3 is 9.73 Å². The summed E-state index contributed by atoms with van der Waals surface area (Å²) in [5, 5.41) is 14.2. The van der Waals surface area contributed by atoms with Crippen molar-refractivity contribution in [3.63, 3.8) is 0 Å². The molecule has 0 fully saturated rings. The van der Waals surface area contributed by atoms with Crippen LogP contribution in [-0.4, -0.2) is 21.7 Å². The number of hydrogen-bond donors (Lipinski definition) is 2. The van der Waals surface area contributed by atoms with Gasteiger partial charge in [-0.3, -0.25) is 5.32 Å². The zero-order valence-electron chi connectivity index (χ0n) is 10.6. The number of anilines is 2. The molecule has 0 aromatic carbocycles. The van der Waals surface area contributed by atoms with E-state index >= 15 is 0 Å². The summed E-state index contributed by atoms with van der Waals surface area (Å²) in [5.41, 5.74) is 0. The van der Waals surface area contributed by atoms with Crippen LogP contribution in [0.25, 0.3) is 0 Å². The molecule has 0 saturated heterocycles. The molecule has 0 radical (unpaired) electrons. The standard InChI is InChI=1S/C12H17N5O/c1-3-7-13-9(2)11-16-17-12(18-11)15-10-6-4-5-8-14-10/h4-6,8-9,13H,3,7H2,1-2H3,(H,14,15,17). The summed E-state index contributed by atoms with van der Waals surface area (Å²) in [5.74, 6) is 1.25. The summed E-state index contributed by atoms with van der Waals surface area (Å²) >= 11 is 0. The van der Waals surface area contributed by atoms with Crippen LogP contribution >= 0.6 is 0 Å². The number of pyridine rings is 1. The lowest BCUT2D eigenvalue weighted by molar-refractivity contribution is 0.424. The minimum atomic E-state index is 0.0525. The third-order valence-corrected chi connectivity index (χ3v) is 2.41. The monoisotopic (exact) mass is 247 g/mol. The SMILES string of the molecule is CCCNC(C)c1nnc(Nc2ccccn2)o1. The van der Waals surface area contributed by atoms with Gasteiger partial charge in [0.25, 0.3) is 0 Å². The Balaban J connectivity index is 1.98. The number of hydrogen-bond acceptors (Lipinski definition) is 6. The van der Waals surface area contributed by atoms with Crippen LogP contribution in [0.2, 0.25) is 0 Å². The first kappa shape index (κ1) is 12.5. The lowest BCUT2D eigenvalue weighted by atomic mass is 10.3. The largest absolute Gasteiger partial charge is 0.406 e. The molecule has 2 aromatic rings. The summed E-state index contributed by atoms with van der Waals surface area (Å²) in [6.45, 7) is 5.03. The highest BCUT2D eigenvalue weighted by molar-refractivity contribution is 5.44. The predicted molar refractivity (Wildman–Crippen MR) is 68.5 cm³/mol. The molecule has 1 atom stereocenters. The second-order valence-electron chi connectivity index (χ2n) is 3.96. The third kappa shape index (κ3) is 3.27. The number of aromatic nitrogens is 3. The smallest absolute Gasteiger partial charge is 0.321 e. The van der Waals surface area contributed by atoms with Gasteiger partial charge in [0.05, 0.1) is 6.04 Å². The first-order valence-corrected chi connectivity index (χ1v) is 6.04. The molecule has 96 valence electrons. The number of nitrogens with one attached hydrogen (secondary N) is 2. The van der Waals surface area contributed by atoms with Crippen molar-refractivity contribution >= 4 is 11.8 Å². The third-order valence-electron chi connectivity index (χ3n) is 2.41. The molecule has 6 heteroatoms. The van der Waals surface area contributed by atoms with E-state index in [2.05, 4.69) is 32.7 Å². The van der Waals surface area contributed by atoms with E-state index in [0.29, 0.717) is 17.7 Å². The zero-order valence-corrected chi connectivity index (χ0v) is 10.6. The molecule has 0 aliphatic carbocycles. The molecule has 2 rings (SSSR count). The molecule has 0 aliphatic rings. The van der Waals surface area contributed by atoms with Crippen LogP contribution in [0.1, 0.15) is 32.2 Å². The van der Waals surface area contributed by atoms with Crippen LogP contribution in [0.4, 0.5) is 11.8 Å².